The second kappa shape index (κ2) is 3.85. The molecule has 13 heavy (non-hydrogen) atoms. The Bertz CT molecular complexity index is 255. The predicted octanol–water partition coefficient (Wildman–Crippen LogP) is 1.13. The van der Waals surface area contributed by atoms with Crippen molar-refractivity contribution in [3.05, 3.63) is 30.1 Å². The highest BCUT2D eigenvalue weighted by Gasteiger charge is 2.19. The van der Waals surface area contributed by atoms with Gasteiger partial charge in [-0.25, -0.2) is 0 Å². The number of aromatic nitrogens is 1. The molecule has 1 aromatic heterocycles. The first-order chi connectivity index (χ1) is 6.36. The zero-order chi connectivity index (χ0) is 9.10. The minimum atomic E-state index is 0.123. The minimum Gasteiger partial charge on any atom is -0.369 e. The first-order valence-electron chi connectivity index (χ1n) is 4.62. The Hall–Kier alpha value is -0.930. The van der Waals surface area contributed by atoms with Crippen molar-refractivity contribution in [2.24, 2.45) is 0 Å². The van der Waals surface area contributed by atoms with Crippen molar-refractivity contribution in [1.82, 2.24) is 10.3 Å². The molecule has 70 valence electrons. The molecule has 0 saturated carbocycles. The minimum absolute atomic E-state index is 0.123. The number of morpholine rings is 1. The van der Waals surface area contributed by atoms with E-state index >= 15 is 0 Å². The summed E-state index contributed by atoms with van der Waals surface area (Å²) in [5, 5.41) is 3.37. The molecule has 0 amide bonds. The van der Waals surface area contributed by atoms with Crippen LogP contribution in [0.4, 0.5) is 0 Å². The maximum Gasteiger partial charge on any atom is 0.112 e. The van der Waals surface area contributed by atoms with Crippen molar-refractivity contribution in [3.8, 4) is 0 Å². The highest BCUT2D eigenvalue weighted by molar-refractivity contribution is 5.08. The van der Waals surface area contributed by atoms with Gasteiger partial charge in [0.15, 0.2) is 0 Å². The standard InChI is InChI=1S/C10H14N2O/c1-8-7-13-10(6-12-8)9-4-2-3-5-11-9/h2-5,8,10,12H,6-7H2,1H3/t8-,10?/m0/s1. The van der Waals surface area contributed by atoms with E-state index in [1.807, 2.05) is 18.2 Å². The van der Waals surface area contributed by atoms with Crippen molar-refractivity contribution in [1.29, 1.82) is 0 Å². The van der Waals surface area contributed by atoms with Crippen LogP contribution < -0.4 is 5.32 Å². The van der Waals surface area contributed by atoms with Gasteiger partial charge in [-0.1, -0.05) is 6.07 Å². The summed E-state index contributed by atoms with van der Waals surface area (Å²) in [6, 6.07) is 6.37. The van der Waals surface area contributed by atoms with E-state index in [1.54, 1.807) is 6.20 Å². The molecular weight excluding hydrogens is 164 g/mol. The van der Waals surface area contributed by atoms with Crippen LogP contribution in [-0.4, -0.2) is 24.2 Å². The monoisotopic (exact) mass is 178 g/mol. The lowest BCUT2D eigenvalue weighted by Crippen LogP contribution is -2.40. The number of hydrogen-bond acceptors (Lipinski definition) is 3. The molecule has 1 aliphatic heterocycles. The van der Waals surface area contributed by atoms with E-state index < -0.39 is 0 Å². The molecule has 1 aliphatic rings. The molecule has 1 saturated heterocycles. The fourth-order valence-corrected chi connectivity index (χ4v) is 1.44. The summed E-state index contributed by atoms with van der Waals surface area (Å²) in [7, 11) is 0. The number of pyridine rings is 1. The van der Waals surface area contributed by atoms with E-state index in [9.17, 15) is 0 Å². The van der Waals surface area contributed by atoms with Gasteiger partial charge >= 0.3 is 0 Å². The van der Waals surface area contributed by atoms with Gasteiger partial charge in [0.25, 0.3) is 0 Å². The molecule has 1 N–H and O–H groups in total. The zero-order valence-corrected chi connectivity index (χ0v) is 7.73. The van der Waals surface area contributed by atoms with Gasteiger partial charge in [-0.15, -0.1) is 0 Å². The van der Waals surface area contributed by atoms with Crippen molar-refractivity contribution >= 4 is 0 Å². The Balaban J connectivity index is 2.03. The van der Waals surface area contributed by atoms with Crippen LogP contribution >= 0.6 is 0 Å². The summed E-state index contributed by atoms with van der Waals surface area (Å²) in [5.41, 5.74) is 1.02. The first-order valence-corrected chi connectivity index (χ1v) is 4.62. The summed E-state index contributed by atoms with van der Waals surface area (Å²) in [4.78, 5) is 4.26. The first kappa shape index (κ1) is 8.66. The smallest absolute Gasteiger partial charge is 0.112 e. The summed E-state index contributed by atoms with van der Waals surface area (Å²) >= 11 is 0. The van der Waals surface area contributed by atoms with E-state index in [-0.39, 0.29) is 6.10 Å². The molecule has 2 heterocycles. The van der Waals surface area contributed by atoms with Gasteiger partial charge < -0.3 is 10.1 Å². The van der Waals surface area contributed by atoms with Crippen molar-refractivity contribution in [2.45, 2.75) is 19.1 Å². The lowest BCUT2D eigenvalue weighted by atomic mass is 10.2. The van der Waals surface area contributed by atoms with Gasteiger partial charge in [0, 0.05) is 18.8 Å². The molecule has 1 aromatic rings. The topological polar surface area (TPSA) is 34.1 Å². The zero-order valence-electron chi connectivity index (χ0n) is 7.73. The molecule has 0 bridgehead atoms. The average Bonchev–Trinajstić information content (AvgIpc) is 2.20. The molecule has 0 aromatic carbocycles. The van der Waals surface area contributed by atoms with Crippen molar-refractivity contribution < 1.29 is 4.74 Å². The van der Waals surface area contributed by atoms with E-state index in [2.05, 4.69) is 17.2 Å². The lowest BCUT2D eigenvalue weighted by Gasteiger charge is -2.27. The van der Waals surface area contributed by atoms with Crippen LogP contribution in [0.3, 0.4) is 0 Å². The number of hydrogen-bond donors (Lipinski definition) is 1. The predicted molar refractivity (Wildman–Crippen MR) is 50.4 cm³/mol. The highest BCUT2D eigenvalue weighted by atomic mass is 16.5. The van der Waals surface area contributed by atoms with Gasteiger partial charge in [-0.3, -0.25) is 4.98 Å². The number of nitrogens with zero attached hydrogens (tertiary/aromatic N) is 1. The van der Waals surface area contributed by atoms with Gasteiger partial charge in [0.2, 0.25) is 0 Å². The maximum atomic E-state index is 5.65. The largest absolute Gasteiger partial charge is 0.369 e. The fraction of sp³-hybridized carbons (Fsp3) is 0.500. The molecule has 2 rings (SSSR count). The number of rotatable bonds is 1. The molecule has 3 nitrogen and oxygen atoms in total. The molecule has 1 unspecified atom stereocenters. The second-order valence-corrected chi connectivity index (χ2v) is 3.39. The summed E-state index contributed by atoms with van der Waals surface area (Å²) in [6.45, 7) is 3.74. The van der Waals surface area contributed by atoms with Crippen LogP contribution in [0.5, 0.6) is 0 Å². The molecule has 2 atom stereocenters. The van der Waals surface area contributed by atoms with Crippen molar-refractivity contribution in [3.63, 3.8) is 0 Å². The van der Waals surface area contributed by atoms with Gasteiger partial charge in [-0.05, 0) is 19.1 Å². The number of nitrogens with one attached hydrogen (secondary N) is 1. The van der Waals surface area contributed by atoms with E-state index in [0.717, 1.165) is 18.8 Å². The highest BCUT2D eigenvalue weighted by Crippen LogP contribution is 2.16. The second-order valence-electron chi connectivity index (χ2n) is 3.39. The van der Waals surface area contributed by atoms with Crippen LogP contribution in [0.2, 0.25) is 0 Å². The Morgan fingerprint density at radius 3 is 3.08 bits per heavy atom. The number of ether oxygens (including phenoxy) is 1. The Morgan fingerprint density at radius 2 is 2.46 bits per heavy atom. The Labute approximate surface area is 78.1 Å². The molecule has 0 aliphatic carbocycles. The molecule has 0 spiro atoms. The van der Waals surface area contributed by atoms with Crippen LogP contribution in [0, 0.1) is 0 Å². The summed E-state index contributed by atoms with van der Waals surface area (Å²) in [6.07, 6.45) is 1.92. The normalized spacial score (nSPS) is 28.7. The summed E-state index contributed by atoms with van der Waals surface area (Å²) in [5.74, 6) is 0. The third-order valence-electron chi connectivity index (χ3n) is 2.22. The third-order valence-corrected chi connectivity index (χ3v) is 2.22. The maximum absolute atomic E-state index is 5.65. The van der Waals surface area contributed by atoms with Gasteiger partial charge in [0.1, 0.15) is 6.10 Å². The molecule has 0 radical (unpaired) electrons. The molecular formula is C10H14N2O. The van der Waals surface area contributed by atoms with Crippen LogP contribution in [0.15, 0.2) is 24.4 Å². The van der Waals surface area contributed by atoms with Gasteiger partial charge in [0.05, 0.1) is 12.3 Å². The average molecular weight is 178 g/mol. The van der Waals surface area contributed by atoms with E-state index in [1.165, 1.54) is 0 Å². The lowest BCUT2D eigenvalue weighted by molar-refractivity contribution is 0.00453. The van der Waals surface area contributed by atoms with E-state index in [0.29, 0.717) is 6.04 Å². The van der Waals surface area contributed by atoms with Crippen LogP contribution in [0.1, 0.15) is 18.7 Å². The van der Waals surface area contributed by atoms with E-state index in [4.69, 9.17) is 4.74 Å². The van der Waals surface area contributed by atoms with Gasteiger partial charge in [-0.2, -0.15) is 0 Å². The van der Waals surface area contributed by atoms with Crippen LogP contribution in [-0.2, 0) is 4.74 Å². The molecule has 1 fully saturated rings. The Morgan fingerprint density at radius 1 is 1.54 bits per heavy atom. The Kier molecular flexibility index (Phi) is 2.57. The molecule has 3 heteroatoms. The van der Waals surface area contributed by atoms with Crippen molar-refractivity contribution in [2.75, 3.05) is 13.2 Å². The third kappa shape index (κ3) is 2.05. The summed E-state index contributed by atoms with van der Waals surface area (Å²) < 4.78 is 5.65. The SMILES string of the molecule is C[C@H]1COC(c2ccccn2)CN1. The quantitative estimate of drug-likeness (QED) is 0.700. The van der Waals surface area contributed by atoms with Crippen LogP contribution in [0.25, 0.3) is 0 Å². The fourth-order valence-electron chi connectivity index (χ4n) is 1.44.